The van der Waals surface area contributed by atoms with Gasteiger partial charge < -0.3 is 5.32 Å². The second kappa shape index (κ2) is 10.9. The highest BCUT2D eigenvalue weighted by atomic mass is 19.1. The normalized spacial score (nSPS) is 15.6. The molecule has 3 aromatic rings. The van der Waals surface area contributed by atoms with Crippen molar-refractivity contribution in [3.05, 3.63) is 82.4 Å². The number of amides is 1. The van der Waals surface area contributed by atoms with E-state index in [9.17, 15) is 18.0 Å². The summed E-state index contributed by atoms with van der Waals surface area (Å²) in [5.41, 5.74) is 2.78. The van der Waals surface area contributed by atoms with Gasteiger partial charge in [-0.1, -0.05) is 38.3 Å². The van der Waals surface area contributed by atoms with Crippen LogP contribution in [-0.4, -0.2) is 22.2 Å². The molecule has 1 N–H and O–H groups in total. The summed E-state index contributed by atoms with van der Waals surface area (Å²) in [5, 5.41) is 7.52. The molecule has 1 amide bonds. The minimum atomic E-state index is -0.742. The lowest BCUT2D eigenvalue weighted by molar-refractivity contribution is 0.0946. The predicted octanol–water partition coefficient (Wildman–Crippen LogP) is 6.26. The van der Waals surface area contributed by atoms with E-state index >= 15 is 0 Å². The van der Waals surface area contributed by atoms with Crippen molar-refractivity contribution in [2.24, 2.45) is 0 Å². The second-order valence-electron chi connectivity index (χ2n) is 8.96. The number of nitrogens with one attached hydrogen (secondary N) is 1. The highest BCUT2D eigenvalue weighted by Gasteiger charge is 2.31. The zero-order chi connectivity index (χ0) is 24.1. The van der Waals surface area contributed by atoms with Gasteiger partial charge in [0.25, 0.3) is 5.91 Å². The van der Waals surface area contributed by atoms with Crippen LogP contribution in [0.4, 0.5) is 13.2 Å². The number of rotatable bonds is 8. The Kier molecular flexibility index (Phi) is 7.70. The van der Waals surface area contributed by atoms with Crippen LogP contribution in [0.2, 0.25) is 0 Å². The standard InChI is InChI=1S/C27H30F3N3O/c1-2-3-6-14-31-27(34)25-22-11-5-4-9-19(15-18-8-7-10-20(28)16-18)26(22)33(32-25)24-13-12-21(29)17-23(24)30/h7-8,10,12-13,16-17,19H,2-6,9,11,14-15H2,1H3,(H,31,34). The lowest BCUT2D eigenvalue weighted by Crippen LogP contribution is -2.26. The fourth-order valence-corrected chi connectivity index (χ4v) is 4.79. The third-order valence-electron chi connectivity index (χ3n) is 6.43. The number of unbranched alkanes of at least 4 members (excludes halogenated alkanes) is 2. The number of fused-ring (bicyclic) bond motifs is 1. The van der Waals surface area contributed by atoms with Crippen LogP contribution >= 0.6 is 0 Å². The molecule has 4 rings (SSSR count). The van der Waals surface area contributed by atoms with Gasteiger partial charge in [0.15, 0.2) is 11.5 Å². The predicted molar refractivity (Wildman–Crippen MR) is 126 cm³/mol. The van der Waals surface area contributed by atoms with Crippen molar-refractivity contribution in [1.29, 1.82) is 0 Å². The number of aromatic nitrogens is 2. The lowest BCUT2D eigenvalue weighted by Gasteiger charge is -2.19. The third-order valence-corrected chi connectivity index (χ3v) is 6.43. The third kappa shape index (κ3) is 5.34. The van der Waals surface area contributed by atoms with E-state index in [4.69, 9.17) is 0 Å². The molecule has 1 atom stereocenters. The van der Waals surface area contributed by atoms with Crippen LogP contribution in [0.15, 0.2) is 42.5 Å². The van der Waals surface area contributed by atoms with Crippen molar-refractivity contribution in [2.75, 3.05) is 6.54 Å². The highest BCUT2D eigenvalue weighted by Crippen LogP contribution is 2.37. The Labute approximate surface area is 198 Å². The molecule has 0 fully saturated rings. The van der Waals surface area contributed by atoms with Gasteiger partial charge in [0.1, 0.15) is 17.3 Å². The van der Waals surface area contributed by atoms with E-state index in [-0.39, 0.29) is 23.3 Å². The van der Waals surface area contributed by atoms with Crippen molar-refractivity contribution in [3.63, 3.8) is 0 Å². The molecule has 0 saturated carbocycles. The molecular formula is C27H30F3N3O. The van der Waals surface area contributed by atoms with Gasteiger partial charge in [0.05, 0.1) is 5.69 Å². The summed E-state index contributed by atoms with van der Waals surface area (Å²) in [6, 6.07) is 9.82. The number of nitrogens with zero attached hydrogens (tertiary/aromatic N) is 2. The monoisotopic (exact) mass is 469 g/mol. The van der Waals surface area contributed by atoms with Gasteiger partial charge in [-0.25, -0.2) is 17.9 Å². The number of carbonyl (C=O) groups excluding carboxylic acids is 1. The minimum absolute atomic E-state index is 0.0853. The molecular weight excluding hydrogens is 439 g/mol. The molecule has 0 saturated heterocycles. The van der Waals surface area contributed by atoms with E-state index in [0.717, 1.165) is 61.4 Å². The number of carbonyl (C=O) groups is 1. The SMILES string of the molecule is CCCCCNC(=O)c1nn(-c2ccc(F)cc2F)c2c1CCCCC2Cc1cccc(F)c1. The molecule has 34 heavy (non-hydrogen) atoms. The van der Waals surface area contributed by atoms with Crippen LogP contribution in [0, 0.1) is 17.5 Å². The molecule has 7 heteroatoms. The molecule has 180 valence electrons. The Morgan fingerprint density at radius 3 is 2.68 bits per heavy atom. The molecule has 1 aliphatic rings. The van der Waals surface area contributed by atoms with Crippen molar-refractivity contribution in [3.8, 4) is 5.69 Å². The first-order valence-electron chi connectivity index (χ1n) is 12.1. The van der Waals surface area contributed by atoms with E-state index in [1.165, 1.54) is 28.9 Å². The van der Waals surface area contributed by atoms with Crippen LogP contribution in [-0.2, 0) is 12.8 Å². The molecule has 0 spiro atoms. The highest BCUT2D eigenvalue weighted by molar-refractivity contribution is 5.94. The first-order chi connectivity index (χ1) is 16.5. The van der Waals surface area contributed by atoms with Gasteiger partial charge in [0.2, 0.25) is 0 Å². The summed E-state index contributed by atoms with van der Waals surface area (Å²) in [7, 11) is 0. The van der Waals surface area contributed by atoms with Gasteiger partial charge in [-0.05, 0) is 61.9 Å². The summed E-state index contributed by atoms with van der Waals surface area (Å²) in [6.45, 7) is 2.64. The van der Waals surface area contributed by atoms with E-state index in [0.29, 0.717) is 25.1 Å². The summed E-state index contributed by atoms with van der Waals surface area (Å²) < 4.78 is 43.8. The topological polar surface area (TPSA) is 46.9 Å². The van der Waals surface area contributed by atoms with E-state index in [1.807, 2.05) is 6.07 Å². The first kappa shape index (κ1) is 24.0. The Balaban J connectivity index is 1.78. The maximum absolute atomic E-state index is 14.9. The van der Waals surface area contributed by atoms with Gasteiger partial charge in [-0.2, -0.15) is 5.10 Å². The lowest BCUT2D eigenvalue weighted by atomic mass is 9.90. The summed E-state index contributed by atoms with van der Waals surface area (Å²) >= 11 is 0. The van der Waals surface area contributed by atoms with Crippen LogP contribution in [0.5, 0.6) is 0 Å². The molecule has 1 unspecified atom stereocenters. The Bertz CT molecular complexity index is 1160. The van der Waals surface area contributed by atoms with Crippen LogP contribution in [0.1, 0.15) is 78.7 Å². The van der Waals surface area contributed by atoms with Gasteiger partial charge in [-0.3, -0.25) is 4.79 Å². The fourth-order valence-electron chi connectivity index (χ4n) is 4.79. The van der Waals surface area contributed by atoms with Crippen LogP contribution in [0.25, 0.3) is 5.69 Å². The van der Waals surface area contributed by atoms with Crippen LogP contribution in [0.3, 0.4) is 0 Å². The largest absolute Gasteiger partial charge is 0.351 e. The number of halogens is 3. The first-order valence-corrected chi connectivity index (χ1v) is 12.1. The zero-order valence-corrected chi connectivity index (χ0v) is 19.4. The maximum Gasteiger partial charge on any atom is 0.272 e. The van der Waals surface area contributed by atoms with E-state index in [2.05, 4.69) is 17.3 Å². The summed E-state index contributed by atoms with van der Waals surface area (Å²) in [6.07, 6.45) is 6.73. The zero-order valence-electron chi connectivity index (χ0n) is 19.4. The average Bonchev–Trinajstić information content (AvgIpc) is 3.05. The molecule has 1 aliphatic carbocycles. The van der Waals surface area contributed by atoms with Crippen molar-refractivity contribution >= 4 is 5.91 Å². The molecule has 4 nitrogen and oxygen atoms in total. The maximum atomic E-state index is 14.9. The Morgan fingerprint density at radius 1 is 1.09 bits per heavy atom. The minimum Gasteiger partial charge on any atom is -0.351 e. The molecule has 1 heterocycles. The van der Waals surface area contributed by atoms with Crippen molar-refractivity contribution in [1.82, 2.24) is 15.1 Å². The molecule has 0 radical (unpaired) electrons. The van der Waals surface area contributed by atoms with E-state index < -0.39 is 11.6 Å². The number of hydrogen-bond donors (Lipinski definition) is 1. The quantitative estimate of drug-likeness (QED) is 0.313. The summed E-state index contributed by atoms with van der Waals surface area (Å²) in [5.74, 6) is -2.09. The van der Waals surface area contributed by atoms with Crippen molar-refractivity contribution in [2.45, 2.75) is 64.2 Å². The smallest absolute Gasteiger partial charge is 0.272 e. The fraction of sp³-hybridized carbons (Fsp3) is 0.407. The van der Waals surface area contributed by atoms with Crippen LogP contribution < -0.4 is 5.32 Å². The Morgan fingerprint density at radius 2 is 1.91 bits per heavy atom. The molecule has 2 aromatic carbocycles. The molecule has 1 aromatic heterocycles. The number of benzene rings is 2. The van der Waals surface area contributed by atoms with Gasteiger partial charge in [-0.15, -0.1) is 0 Å². The van der Waals surface area contributed by atoms with E-state index in [1.54, 1.807) is 6.07 Å². The summed E-state index contributed by atoms with van der Waals surface area (Å²) in [4.78, 5) is 13.1. The molecule has 0 aliphatic heterocycles. The Hall–Kier alpha value is -3.09. The average molecular weight is 470 g/mol. The van der Waals surface area contributed by atoms with Crippen molar-refractivity contribution < 1.29 is 18.0 Å². The second-order valence-corrected chi connectivity index (χ2v) is 8.96. The number of hydrogen-bond acceptors (Lipinski definition) is 2. The van der Waals surface area contributed by atoms with Gasteiger partial charge >= 0.3 is 0 Å². The molecule has 0 bridgehead atoms. The van der Waals surface area contributed by atoms with Gasteiger partial charge in [0, 0.05) is 24.1 Å².